The highest BCUT2D eigenvalue weighted by Crippen LogP contribution is 2.48. The highest BCUT2D eigenvalue weighted by Gasteiger charge is 2.43. The van der Waals surface area contributed by atoms with E-state index in [1.165, 1.54) is 5.56 Å². The molecule has 3 nitrogen and oxygen atoms in total. The van der Waals surface area contributed by atoms with Gasteiger partial charge in [-0.05, 0) is 51.3 Å². The van der Waals surface area contributed by atoms with Crippen molar-refractivity contribution in [1.82, 2.24) is 5.32 Å². The summed E-state index contributed by atoms with van der Waals surface area (Å²) >= 11 is 0. The molecule has 2 rings (SSSR count). The zero-order valence-electron chi connectivity index (χ0n) is 12.7. The van der Waals surface area contributed by atoms with Gasteiger partial charge in [-0.1, -0.05) is 12.1 Å². The highest BCUT2D eigenvalue weighted by molar-refractivity contribution is 5.27. The van der Waals surface area contributed by atoms with E-state index in [-0.39, 0.29) is 11.0 Å². The van der Waals surface area contributed by atoms with Gasteiger partial charge in [0.1, 0.15) is 5.75 Å². The van der Waals surface area contributed by atoms with Crippen LogP contribution in [0.5, 0.6) is 5.75 Å². The third-order valence-electron chi connectivity index (χ3n) is 3.70. The van der Waals surface area contributed by atoms with Gasteiger partial charge in [-0.3, -0.25) is 0 Å². The first-order valence-corrected chi connectivity index (χ1v) is 7.26. The number of nitriles is 1. The molecule has 0 aliphatic heterocycles. The van der Waals surface area contributed by atoms with Crippen molar-refractivity contribution in [2.45, 2.75) is 52.1 Å². The van der Waals surface area contributed by atoms with Crippen LogP contribution in [0.1, 0.15) is 45.6 Å². The van der Waals surface area contributed by atoms with Gasteiger partial charge in [0.2, 0.25) is 0 Å². The van der Waals surface area contributed by atoms with Crippen LogP contribution in [-0.2, 0) is 6.54 Å². The summed E-state index contributed by atoms with van der Waals surface area (Å²) in [5, 5.41) is 12.3. The van der Waals surface area contributed by atoms with Gasteiger partial charge >= 0.3 is 0 Å². The number of benzene rings is 1. The van der Waals surface area contributed by atoms with Crippen molar-refractivity contribution in [2.75, 3.05) is 6.61 Å². The number of nitrogens with one attached hydrogen (secondary N) is 1. The Kier molecular flexibility index (Phi) is 4.35. The maximum absolute atomic E-state index is 8.79. The predicted octanol–water partition coefficient (Wildman–Crippen LogP) is 3.65. The van der Waals surface area contributed by atoms with Crippen LogP contribution in [0.2, 0.25) is 0 Å². The van der Waals surface area contributed by atoms with Gasteiger partial charge in [-0.2, -0.15) is 5.26 Å². The lowest BCUT2D eigenvalue weighted by Gasteiger charge is -2.20. The fourth-order valence-electron chi connectivity index (χ4n) is 2.02. The first-order chi connectivity index (χ1) is 9.42. The van der Waals surface area contributed by atoms with Crippen molar-refractivity contribution < 1.29 is 4.74 Å². The Morgan fingerprint density at radius 3 is 2.40 bits per heavy atom. The van der Waals surface area contributed by atoms with E-state index in [2.05, 4.69) is 44.3 Å². The van der Waals surface area contributed by atoms with Crippen LogP contribution in [0.25, 0.3) is 0 Å². The van der Waals surface area contributed by atoms with Crippen LogP contribution in [0, 0.1) is 16.7 Å². The van der Waals surface area contributed by atoms with E-state index in [4.69, 9.17) is 10.00 Å². The molecule has 1 aromatic rings. The van der Waals surface area contributed by atoms with E-state index in [1.54, 1.807) is 0 Å². The summed E-state index contributed by atoms with van der Waals surface area (Å²) in [5.74, 6) is 0.897. The molecule has 1 aromatic carbocycles. The van der Waals surface area contributed by atoms with Gasteiger partial charge < -0.3 is 10.1 Å². The van der Waals surface area contributed by atoms with E-state index in [1.807, 2.05) is 12.1 Å². The molecular weight excluding hydrogens is 248 g/mol. The average molecular weight is 272 g/mol. The summed E-state index contributed by atoms with van der Waals surface area (Å²) in [6.45, 7) is 8.01. The van der Waals surface area contributed by atoms with Crippen molar-refractivity contribution >= 4 is 0 Å². The SMILES string of the molecule is CC(C)(C)NCc1ccc(OCC2(CC#N)CC2)cc1. The Balaban J connectivity index is 1.81. The Labute approximate surface area is 121 Å². The zero-order valence-corrected chi connectivity index (χ0v) is 12.7. The third-order valence-corrected chi connectivity index (χ3v) is 3.70. The van der Waals surface area contributed by atoms with Crippen LogP contribution in [0.3, 0.4) is 0 Å². The minimum atomic E-state index is 0.130. The second-order valence-corrected chi connectivity index (χ2v) is 6.87. The molecule has 0 amide bonds. The van der Waals surface area contributed by atoms with Gasteiger partial charge in [0.15, 0.2) is 0 Å². The van der Waals surface area contributed by atoms with Crippen molar-refractivity contribution in [3.8, 4) is 11.8 Å². The van der Waals surface area contributed by atoms with Crippen molar-refractivity contribution in [1.29, 1.82) is 5.26 Å². The Morgan fingerprint density at radius 1 is 1.25 bits per heavy atom. The molecule has 1 aliphatic carbocycles. The maximum atomic E-state index is 8.79. The molecule has 1 N–H and O–H groups in total. The first kappa shape index (κ1) is 14.9. The fraction of sp³-hybridized carbons (Fsp3) is 0.588. The topological polar surface area (TPSA) is 45.0 Å². The largest absolute Gasteiger partial charge is 0.493 e. The Morgan fingerprint density at radius 2 is 1.90 bits per heavy atom. The molecule has 0 heterocycles. The van der Waals surface area contributed by atoms with E-state index < -0.39 is 0 Å². The molecule has 0 spiro atoms. The molecule has 0 radical (unpaired) electrons. The molecule has 108 valence electrons. The van der Waals surface area contributed by atoms with Gasteiger partial charge in [0, 0.05) is 23.9 Å². The summed E-state index contributed by atoms with van der Waals surface area (Å²) in [6.07, 6.45) is 2.85. The fourth-order valence-corrected chi connectivity index (χ4v) is 2.02. The van der Waals surface area contributed by atoms with Gasteiger partial charge in [-0.15, -0.1) is 0 Å². The number of rotatable bonds is 6. The maximum Gasteiger partial charge on any atom is 0.119 e. The Bertz CT molecular complexity index is 475. The molecule has 20 heavy (non-hydrogen) atoms. The average Bonchev–Trinajstić information content (AvgIpc) is 3.15. The van der Waals surface area contributed by atoms with Gasteiger partial charge in [0.05, 0.1) is 12.7 Å². The second kappa shape index (κ2) is 5.85. The predicted molar refractivity (Wildman–Crippen MR) is 80.4 cm³/mol. The summed E-state index contributed by atoms with van der Waals surface area (Å²) in [7, 11) is 0. The van der Waals surface area contributed by atoms with Crippen LogP contribution in [0.4, 0.5) is 0 Å². The lowest BCUT2D eigenvalue weighted by atomic mass is 10.1. The van der Waals surface area contributed by atoms with Crippen molar-refractivity contribution in [2.24, 2.45) is 5.41 Å². The molecule has 1 aliphatic rings. The quantitative estimate of drug-likeness (QED) is 0.859. The minimum absolute atomic E-state index is 0.130. The van der Waals surface area contributed by atoms with Crippen molar-refractivity contribution in [3.05, 3.63) is 29.8 Å². The molecule has 0 bridgehead atoms. The van der Waals surface area contributed by atoms with E-state index in [0.29, 0.717) is 13.0 Å². The lowest BCUT2D eigenvalue weighted by molar-refractivity contribution is 0.237. The monoisotopic (exact) mass is 272 g/mol. The number of hydrogen-bond acceptors (Lipinski definition) is 3. The van der Waals surface area contributed by atoms with Crippen LogP contribution in [0.15, 0.2) is 24.3 Å². The summed E-state index contributed by atoms with van der Waals surface area (Å²) in [6, 6.07) is 10.5. The van der Waals surface area contributed by atoms with E-state index in [0.717, 1.165) is 25.1 Å². The minimum Gasteiger partial charge on any atom is -0.493 e. The molecule has 0 aromatic heterocycles. The van der Waals surface area contributed by atoms with E-state index >= 15 is 0 Å². The molecule has 0 saturated heterocycles. The van der Waals surface area contributed by atoms with Crippen LogP contribution < -0.4 is 10.1 Å². The van der Waals surface area contributed by atoms with E-state index in [9.17, 15) is 0 Å². The Hall–Kier alpha value is -1.53. The normalized spacial score (nSPS) is 16.5. The second-order valence-electron chi connectivity index (χ2n) is 6.87. The molecule has 3 heteroatoms. The summed E-state index contributed by atoms with van der Waals surface area (Å²) < 4.78 is 5.81. The van der Waals surface area contributed by atoms with Crippen LogP contribution >= 0.6 is 0 Å². The standard InChI is InChI=1S/C17H24N2O/c1-16(2,3)19-12-14-4-6-15(7-5-14)20-13-17(8-9-17)10-11-18/h4-7,19H,8-10,12-13H2,1-3H3. The smallest absolute Gasteiger partial charge is 0.119 e. The first-order valence-electron chi connectivity index (χ1n) is 7.26. The van der Waals surface area contributed by atoms with Gasteiger partial charge in [0.25, 0.3) is 0 Å². The molecule has 1 fully saturated rings. The number of ether oxygens (including phenoxy) is 1. The van der Waals surface area contributed by atoms with Crippen molar-refractivity contribution in [3.63, 3.8) is 0 Å². The highest BCUT2D eigenvalue weighted by atomic mass is 16.5. The molecular formula is C17H24N2O. The summed E-state index contributed by atoms with van der Waals surface area (Å²) in [4.78, 5) is 0. The number of nitrogens with zero attached hydrogens (tertiary/aromatic N) is 1. The van der Waals surface area contributed by atoms with Crippen LogP contribution in [-0.4, -0.2) is 12.1 Å². The molecule has 1 saturated carbocycles. The molecule has 0 atom stereocenters. The lowest BCUT2D eigenvalue weighted by Crippen LogP contribution is -2.35. The summed E-state index contributed by atoms with van der Waals surface area (Å²) in [5.41, 5.74) is 1.52. The van der Waals surface area contributed by atoms with Gasteiger partial charge in [-0.25, -0.2) is 0 Å². The number of hydrogen-bond donors (Lipinski definition) is 1. The zero-order chi connectivity index (χ0) is 14.6. The molecule has 0 unspecified atom stereocenters. The third kappa shape index (κ3) is 4.54.